The summed E-state index contributed by atoms with van der Waals surface area (Å²) in [6.45, 7) is 4.13. The molecule has 4 nitrogen and oxygen atoms in total. The molecule has 2 fully saturated rings. The molecule has 0 saturated heterocycles. The Labute approximate surface area is 87.0 Å². The fourth-order valence-electron chi connectivity index (χ4n) is 2.90. The van der Waals surface area contributed by atoms with Gasteiger partial charge in [-0.3, -0.25) is 9.83 Å². The summed E-state index contributed by atoms with van der Waals surface area (Å²) in [5.74, 6) is 0.624. The second-order valence-corrected chi connectivity index (χ2v) is 5.63. The van der Waals surface area contributed by atoms with Crippen molar-refractivity contribution in [2.45, 2.75) is 37.9 Å². The molecule has 5 heteroatoms. The highest BCUT2D eigenvalue weighted by atomic mass is 32.2. The van der Waals surface area contributed by atoms with Gasteiger partial charge in [0.05, 0.1) is 0 Å². The number of Topliss-reactive ketones (excluding diaryl/α,β-unsaturated/α-hetero) is 1. The Morgan fingerprint density at radius 2 is 2.29 bits per heavy atom. The molecule has 0 heterocycles. The SMILES string of the molecule is CC1(C)C2CCC1(SOO[O-])C(=O)C2. The molecule has 2 aliphatic carbocycles. The van der Waals surface area contributed by atoms with Gasteiger partial charge in [0, 0.05) is 18.5 Å². The standard InChI is InChI=1S/C9H14O4S/c1-8(2)6-3-4-9(8,7(10)5-6)14-13-12-11/h6,11H,3-5H2,1-2H3/p-1. The lowest BCUT2D eigenvalue weighted by molar-refractivity contribution is -0.777. The van der Waals surface area contributed by atoms with Gasteiger partial charge < -0.3 is 5.26 Å². The van der Waals surface area contributed by atoms with Gasteiger partial charge >= 0.3 is 0 Å². The molecule has 2 rings (SSSR count). The van der Waals surface area contributed by atoms with E-state index in [1.54, 1.807) is 0 Å². The number of hydrogen-bond acceptors (Lipinski definition) is 5. The lowest BCUT2D eigenvalue weighted by Gasteiger charge is -2.34. The number of carbonyl (C=O) groups is 1. The first-order chi connectivity index (χ1) is 6.54. The van der Waals surface area contributed by atoms with Crippen LogP contribution in [0.1, 0.15) is 33.1 Å². The van der Waals surface area contributed by atoms with Gasteiger partial charge in [0.15, 0.2) is 5.78 Å². The maximum atomic E-state index is 11.8. The minimum Gasteiger partial charge on any atom is -0.691 e. The van der Waals surface area contributed by atoms with Crippen molar-refractivity contribution in [3.63, 3.8) is 0 Å². The van der Waals surface area contributed by atoms with Gasteiger partial charge in [0.2, 0.25) is 0 Å². The van der Waals surface area contributed by atoms with Crippen molar-refractivity contribution >= 4 is 17.8 Å². The van der Waals surface area contributed by atoms with E-state index in [1.807, 2.05) is 0 Å². The first-order valence-corrected chi connectivity index (χ1v) is 5.46. The smallest absolute Gasteiger partial charge is 0.152 e. The van der Waals surface area contributed by atoms with Crippen molar-refractivity contribution < 1.29 is 19.4 Å². The molecule has 0 aromatic carbocycles. The van der Waals surface area contributed by atoms with Crippen LogP contribution in [0, 0.1) is 11.3 Å². The van der Waals surface area contributed by atoms with Crippen LogP contribution < -0.4 is 5.26 Å². The Kier molecular flexibility index (Phi) is 2.38. The monoisotopic (exact) mass is 217 g/mol. The third-order valence-corrected chi connectivity index (χ3v) is 5.36. The molecule has 2 saturated carbocycles. The predicted molar refractivity (Wildman–Crippen MR) is 48.6 cm³/mol. The van der Waals surface area contributed by atoms with E-state index in [1.165, 1.54) is 0 Å². The Morgan fingerprint density at radius 1 is 1.57 bits per heavy atom. The van der Waals surface area contributed by atoms with Gasteiger partial charge in [0.25, 0.3) is 0 Å². The highest BCUT2D eigenvalue weighted by molar-refractivity contribution is 7.96. The predicted octanol–water partition coefficient (Wildman–Crippen LogP) is 1.01. The zero-order valence-electron chi connectivity index (χ0n) is 8.24. The minimum absolute atomic E-state index is 0.0900. The summed E-state index contributed by atoms with van der Waals surface area (Å²) < 4.78 is 3.83. The molecule has 0 aliphatic heterocycles. The van der Waals surface area contributed by atoms with Crippen LogP contribution in [0.15, 0.2) is 0 Å². The van der Waals surface area contributed by atoms with Crippen LogP contribution in [-0.2, 0) is 14.2 Å². The van der Waals surface area contributed by atoms with Crippen molar-refractivity contribution in [3.05, 3.63) is 0 Å². The van der Waals surface area contributed by atoms with Crippen LogP contribution >= 0.6 is 12.0 Å². The maximum absolute atomic E-state index is 11.8. The van der Waals surface area contributed by atoms with E-state index in [9.17, 15) is 10.1 Å². The van der Waals surface area contributed by atoms with Gasteiger partial charge in [-0.25, -0.2) is 0 Å². The molecular formula is C9H13O4S-. The number of rotatable bonds is 3. The molecule has 0 spiro atoms. The zero-order valence-corrected chi connectivity index (χ0v) is 9.06. The third kappa shape index (κ3) is 1.10. The highest BCUT2D eigenvalue weighted by Crippen LogP contribution is 2.64. The summed E-state index contributed by atoms with van der Waals surface area (Å²) in [4.78, 5) is 11.8. The number of hydrogen-bond donors (Lipinski definition) is 0. The normalized spacial score (nSPS) is 39.4. The van der Waals surface area contributed by atoms with Gasteiger partial charge in [-0.15, -0.1) is 0 Å². The Bertz CT molecular complexity index is 266. The van der Waals surface area contributed by atoms with Crippen molar-refractivity contribution in [1.82, 2.24) is 0 Å². The van der Waals surface area contributed by atoms with Crippen LogP contribution in [0.25, 0.3) is 0 Å². The average Bonchev–Trinajstić information content (AvgIpc) is 2.48. The maximum Gasteiger partial charge on any atom is 0.152 e. The van der Waals surface area contributed by atoms with Gasteiger partial charge in [-0.1, -0.05) is 13.8 Å². The first-order valence-electron chi connectivity index (χ1n) is 4.72. The van der Waals surface area contributed by atoms with Crippen molar-refractivity contribution in [3.8, 4) is 0 Å². The largest absolute Gasteiger partial charge is 0.691 e. The van der Waals surface area contributed by atoms with Crippen LogP contribution in [-0.4, -0.2) is 10.5 Å². The number of fused-ring (bicyclic) bond motifs is 2. The molecule has 2 bridgehead atoms. The third-order valence-electron chi connectivity index (χ3n) is 3.99. The Balaban J connectivity index is 2.25. The van der Waals surface area contributed by atoms with E-state index in [0.29, 0.717) is 12.3 Å². The fourth-order valence-corrected chi connectivity index (χ4v) is 3.81. The van der Waals surface area contributed by atoms with Crippen LogP contribution in [0.4, 0.5) is 0 Å². The molecular weight excluding hydrogens is 204 g/mol. The van der Waals surface area contributed by atoms with Gasteiger partial charge in [-0.05, 0) is 24.2 Å². The quantitative estimate of drug-likeness (QED) is 0.401. The van der Waals surface area contributed by atoms with Gasteiger partial charge in [-0.2, -0.15) is 4.33 Å². The van der Waals surface area contributed by atoms with E-state index in [2.05, 4.69) is 23.2 Å². The second kappa shape index (κ2) is 3.20. The topological polar surface area (TPSA) is 58.6 Å². The van der Waals surface area contributed by atoms with Crippen LogP contribution in [0.2, 0.25) is 0 Å². The van der Waals surface area contributed by atoms with Gasteiger partial charge in [0.1, 0.15) is 4.75 Å². The average molecular weight is 217 g/mol. The zero-order chi connectivity index (χ0) is 10.4. The molecule has 0 N–H and O–H groups in total. The molecule has 0 aromatic rings. The lowest BCUT2D eigenvalue weighted by Crippen LogP contribution is -2.40. The summed E-state index contributed by atoms with van der Waals surface area (Å²) in [6.07, 6.45) is 2.44. The van der Waals surface area contributed by atoms with E-state index >= 15 is 0 Å². The second-order valence-electron chi connectivity index (χ2n) is 4.63. The lowest BCUT2D eigenvalue weighted by atomic mass is 9.81. The van der Waals surface area contributed by atoms with E-state index in [4.69, 9.17) is 0 Å². The summed E-state index contributed by atoms with van der Waals surface area (Å²) in [5, 5.41) is 13.2. The molecule has 14 heavy (non-hydrogen) atoms. The molecule has 2 aliphatic rings. The summed E-state index contributed by atoms with van der Waals surface area (Å²) >= 11 is 0.904. The summed E-state index contributed by atoms with van der Waals surface area (Å²) in [5.41, 5.74) is -0.0900. The minimum atomic E-state index is -0.553. The highest BCUT2D eigenvalue weighted by Gasteiger charge is 2.65. The molecule has 0 aromatic heterocycles. The van der Waals surface area contributed by atoms with Crippen LogP contribution in [0.5, 0.6) is 0 Å². The van der Waals surface area contributed by atoms with E-state index in [-0.39, 0.29) is 11.2 Å². The van der Waals surface area contributed by atoms with Crippen molar-refractivity contribution in [2.75, 3.05) is 0 Å². The van der Waals surface area contributed by atoms with Crippen LogP contribution in [0.3, 0.4) is 0 Å². The Morgan fingerprint density at radius 3 is 2.71 bits per heavy atom. The van der Waals surface area contributed by atoms with E-state index < -0.39 is 4.75 Å². The number of ketones is 1. The van der Waals surface area contributed by atoms with E-state index in [0.717, 1.165) is 24.9 Å². The van der Waals surface area contributed by atoms with Crippen molar-refractivity contribution in [2.24, 2.45) is 11.3 Å². The summed E-state index contributed by atoms with van der Waals surface area (Å²) in [6, 6.07) is 0. The summed E-state index contributed by atoms with van der Waals surface area (Å²) in [7, 11) is 0. The molecule has 2 atom stereocenters. The fraction of sp³-hybridized carbons (Fsp3) is 0.889. The number of carbonyl (C=O) groups excluding carboxylic acids is 1. The molecule has 80 valence electrons. The molecule has 0 amide bonds. The first kappa shape index (κ1) is 10.4. The molecule has 2 unspecified atom stereocenters. The van der Waals surface area contributed by atoms with Crippen molar-refractivity contribution in [1.29, 1.82) is 0 Å². The molecule has 0 radical (unpaired) electrons. The Hall–Kier alpha value is -0.100.